The number of piperidine rings is 1. The van der Waals surface area contributed by atoms with Crippen LogP contribution < -0.4 is 0 Å². The normalized spacial score (nSPS) is 26.1. The molecule has 2 rings (SSSR count). The molecular formula is C12H18N2O3. The van der Waals surface area contributed by atoms with Gasteiger partial charge >= 0.3 is 0 Å². The number of likely N-dealkylation sites (N-methyl/N-ethyl adjacent to an activating group) is 1. The first-order valence-electron chi connectivity index (χ1n) is 6.05. The Morgan fingerprint density at radius 2 is 2.41 bits per heavy atom. The molecule has 94 valence electrons. The molecule has 0 N–H and O–H groups in total. The smallest absolute Gasteiger partial charge is 0.250 e. The van der Waals surface area contributed by atoms with Crippen molar-refractivity contribution in [3.05, 3.63) is 33.7 Å². The lowest BCUT2D eigenvalue weighted by Crippen LogP contribution is -2.36. The number of ether oxygens (including phenoxy) is 1. The Bertz CT molecular complexity index is 363. The van der Waals surface area contributed by atoms with Crippen LogP contribution in [0.4, 0.5) is 0 Å². The zero-order chi connectivity index (χ0) is 12.3. The predicted molar refractivity (Wildman–Crippen MR) is 64.0 cm³/mol. The van der Waals surface area contributed by atoms with Crippen molar-refractivity contribution in [2.24, 2.45) is 0 Å². The van der Waals surface area contributed by atoms with E-state index in [0.717, 1.165) is 25.9 Å². The number of hydrogen-bond acceptors (Lipinski definition) is 4. The van der Waals surface area contributed by atoms with Crippen LogP contribution in [0.5, 0.6) is 0 Å². The number of likely N-dealkylation sites (tertiary alicyclic amines) is 1. The Morgan fingerprint density at radius 1 is 1.59 bits per heavy atom. The topological polar surface area (TPSA) is 55.6 Å². The summed E-state index contributed by atoms with van der Waals surface area (Å²) in [5, 5.41) is 10.7. The van der Waals surface area contributed by atoms with Gasteiger partial charge in [0.25, 0.3) is 0 Å². The molecule has 0 amide bonds. The highest BCUT2D eigenvalue weighted by Crippen LogP contribution is 2.22. The summed E-state index contributed by atoms with van der Waals surface area (Å²) in [5.74, 6) is 0.670. The monoisotopic (exact) mass is 238 g/mol. The SMILES string of the molecule is CN1CCCC(OC2=CCCC([N+](=O)[O-])=C2)C1. The molecule has 2 aliphatic rings. The summed E-state index contributed by atoms with van der Waals surface area (Å²) in [6.45, 7) is 2.01. The molecule has 0 bridgehead atoms. The summed E-state index contributed by atoms with van der Waals surface area (Å²) < 4.78 is 5.82. The molecule has 0 aromatic rings. The van der Waals surface area contributed by atoms with Crippen LogP contribution in [0.25, 0.3) is 0 Å². The maximum absolute atomic E-state index is 10.7. The molecule has 17 heavy (non-hydrogen) atoms. The highest BCUT2D eigenvalue weighted by Gasteiger charge is 2.21. The first-order chi connectivity index (χ1) is 8.15. The van der Waals surface area contributed by atoms with Crippen LogP contribution in [0.1, 0.15) is 25.7 Å². The number of hydrogen-bond donors (Lipinski definition) is 0. The largest absolute Gasteiger partial charge is 0.489 e. The zero-order valence-corrected chi connectivity index (χ0v) is 10.1. The molecule has 5 heteroatoms. The van der Waals surface area contributed by atoms with E-state index in [9.17, 15) is 10.1 Å². The van der Waals surface area contributed by atoms with E-state index in [0.29, 0.717) is 18.6 Å². The molecule has 1 saturated heterocycles. The van der Waals surface area contributed by atoms with Gasteiger partial charge in [-0.3, -0.25) is 10.1 Å². The number of nitrogens with zero attached hydrogens (tertiary/aromatic N) is 2. The fraction of sp³-hybridized carbons (Fsp3) is 0.667. The van der Waals surface area contributed by atoms with E-state index in [1.165, 1.54) is 0 Å². The summed E-state index contributed by atoms with van der Waals surface area (Å²) >= 11 is 0. The highest BCUT2D eigenvalue weighted by molar-refractivity contribution is 5.19. The number of allylic oxidation sites excluding steroid dienone is 3. The molecule has 1 fully saturated rings. The Balaban J connectivity index is 1.94. The van der Waals surface area contributed by atoms with Gasteiger partial charge in [0, 0.05) is 13.0 Å². The third kappa shape index (κ3) is 3.30. The van der Waals surface area contributed by atoms with Crippen molar-refractivity contribution in [1.82, 2.24) is 4.90 Å². The minimum atomic E-state index is -0.316. The van der Waals surface area contributed by atoms with Crippen molar-refractivity contribution >= 4 is 0 Å². The molecular weight excluding hydrogens is 220 g/mol. The third-order valence-electron chi connectivity index (χ3n) is 3.17. The van der Waals surface area contributed by atoms with Crippen molar-refractivity contribution in [3.63, 3.8) is 0 Å². The van der Waals surface area contributed by atoms with Gasteiger partial charge in [-0.05, 0) is 38.9 Å². The summed E-state index contributed by atoms with van der Waals surface area (Å²) in [7, 11) is 2.07. The summed E-state index contributed by atoms with van der Waals surface area (Å²) in [6, 6.07) is 0. The fourth-order valence-electron chi connectivity index (χ4n) is 2.29. The average Bonchev–Trinajstić information content (AvgIpc) is 2.29. The summed E-state index contributed by atoms with van der Waals surface area (Å²) in [4.78, 5) is 12.6. The van der Waals surface area contributed by atoms with E-state index in [2.05, 4.69) is 11.9 Å². The van der Waals surface area contributed by atoms with Crippen LogP contribution in [-0.4, -0.2) is 36.1 Å². The van der Waals surface area contributed by atoms with E-state index >= 15 is 0 Å². The Labute approximate surface area is 101 Å². The lowest BCUT2D eigenvalue weighted by Gasteiger charge is -2.30. The van der Waals surface area contributed by atoms with Gasteiger partial charge in [-0.1, -0.05) is 0 Å². The molecule has 0 aromatic carbocycles. The molecule has 1 aliphatic carbocycles. The van der Waals surface area contributed by atoms with Gasteiger partial charge in [-0.15, -0.1) is 0 Å². The van der Waals surface area contributed by atoms with Gasteiger partial charge in [0.05, 0.1) is 11.0 Å². The Hall–Kier alpha value is -1.36. The van der Waals surface area contributed by atoms with Gasteiger partial charge in [0.1, 0.15) is 11.9 Å². The third-order valence-corrected chi connectivity index (χ3v) is 3.17. The second-order valence-electron chi connectivity index (χ2n) is 4.68. The van der Waals surface area contributed by atoms with Crippen LogP contribution >= 0.6 is 0 Å². The molecule has 0 radical (unpaired) electrons. The van der Waals surface area contributed by atoms with E-state index in [1.54, 1.807) is 6.08 Å². The second-order valence-corrected chi connectivity index (χ2v) is 4.68. The molecule has 0 spiro atoms. The van der Waals surface area contributed by atoms with Gasteiger partial charge in [-0.2, -0.15) is 0 Å². The van der Waals surface area contributed by atoms with Crippen molar-refractivity contribution in [3.8, 4) is 0 Å². The summed E-state index contributed by atoms with van der Waals surface area (Å²) in [5.41, 5.74) is 0.256. The van der Waals surface area contributed by atoms with Crippen LogP contribution in [0, 0.1) is 10.1 Å². The minimum absolute atomic E-state index is 0.169. The van der Waals surface area contributed by atoms with Crippen molar-refractivity contribution in [2.75, 3.05) is 20.1 Å². The molecule has 1 heterocycles. The van der Waals surface area contributed by atoms with Gasteiger partial charge in [-0.25, -0.2) is 0 Å². The molecule has 1 unspecified atom stereocenters. The molecule has 0 saturated carbocycles. The number of rotatable bonds is 3. The van der Waals surface area contributed by atoms with Gasteiger partial charge in [0.2, 0.25) is 5.70 Å². The molecule has 0 aromatic heterocycles. The summed E-state index contributed by atoms with van der Waals surface area (Å²) in [6.07, 6.45) is 7.04. The lowest BCUT2D eigenvalue weighted by molar-refractivity contribution is -0.428. The molecule has 1 atom stereocenters. The van der Waals surface area contributed by atoms with E-state index in [1.807, 2.05) is 6.08 Å². The average molecular weight is 238 g/mol. The standard InChI is InChI=1S/C12H18N2O3/c1-13-7-3-6-12(9-13)17-11-5-2-4-10(8-11)14(15)16/h5,8,12H,2-4,6-7,9H2,1H3. The fourth-order valence-corrected chi connectivity index (χ4v) is 2.29. The second kappa shape index (κ2) is 5.31. The van der Waals surface area contributed by atoms with E-state index in [4.69, 9.17) is 4.74 Å². The van der Waals surface area contributed by atoms with Crippen LogP contribution in [0.3, 0.4) is 0 Å². The maximum atomic E-state index is 10.7. The first-order valence-corrected chi connectivity index (χ1v) is 6.05. The Morgan fingerprint density at radius 3 is 3.12 bits per heavy atom. The predicted octanol–water partition coefficient (Wildman–Crippen LogP) is 1.94. The lowest BCUT2D eigenvalue weighted by atomic mass is 10.1. The maximum Gasteiger partial charge on any atom is 0.250 e. The van der Waals surface area contributed by atoms with Gasteiger partial charge < -0.3 is 9.64 Å². The van der Waals surface area contributed by atoms with E-state index < -0.39 is 0 Å². The van der Waals surface area contributed by atoms with Crippen LogP contribution in [-0.2, 0) is 4.74 Å². The van der Waals surface area contributed by atoms with Crippen molar-refractivity contribution in [2.45, 2.75) is 31.8 Å². The zero-order valence-electron chi connectivity index (χ0n) is 10.1. The quantitative estimate of drug-likeness (QED) is 0.557. The van der Waals surface area contributed by atoms with Crippen LogP contribution in [0.15, 0.2) is 23.6 Å². The molecule has 1 aliphatic heterocycles. The van der Waals surface area contributed by atoms with Crippen LogP contribution in [0.2, 0.25) is 0 Å². The van der Waals surface area contributed by atoms with Gasteiger partial charge in [0.15, 0.2) is 0 Å². The van der Waals surface area contributed by atoms with Crippen molar-refractivity contribution < 1.29 is 9.66 Å². The number of nitro groups is 1. The highest BCUT2D eigenvalue weighted by atomic mass is 16.6. The Kier molecular flexibility index (Phi) is 3.78. The van der Waals surface area contributed by atoms with E-state index in [-0.39, 0.29) is 16.7 Å². The first kappa shape index (κ1) is 12.1. The van der Waals surface area contributed by atoms with Crippen molar-refractivity contribution in [1.29, 1.82) is 0 Å². The molecule has 5 nitrogen and oxygen atoms in total. The minimum Gasteiger partial charge on any atom is -0.489 e.